The lowest BCUT2D eigenvalue weighted by atomic mass is 9.77. The number of likely N-dealkylation sites (tertiary alicyclic amines) is 1. The van der Waals surface area contributed by atoms with Gasteiger partial charge >= 0.3 is 5.97 Å². The van der Waals surface area contributed by atoms with Crippen molar-refractivity contribution in [1.29, 1.82) is 0 Å². The summed E-state index contributed by atoms with van der Waals surface area (Å²) in [5, 5.41) is 26.2. The average Bonchev–Trinajstić information content (AvgIpc) is 3.68. The summed E-state index contributed by atoms with van der Waals surface area (Å²) in [6.07, 6.45) is 2.40. The van der Waals surface area contributed by atoms with Crippen LogP contribution in [-0.4, -0.2) is 76.2 Å². The fourth-order valence-electron chi connectivity index (χ4n) is 5.98. The van der Waals surface area contributed by atoms with E-state index in [2.05, 4.69) is 46.5 Å². The number of carbonyl (C=O) groups is 3. The van der Waals surface area contributed by atoms with Gasteiger partial charge in [0.1, 0.15) is 6.61 Å². The van der Waals surface area contributed by atoms with E-state index >= 15 is 0 Å². The number of aliphatic hydroxyl groups excluding tert-OH is 1. The molecule has 1 fully saturated rings. The van der Waals surface area contributed by atoms with Gasteiger partial charge in [0.2, 0.25) is 5.91 Å². The van der Waals surface area contributed by atoms with Gasteiger partial charge in [0, 0.05) is 56.4 Å². The van der Waals surface area contributed by atoms with Gasteiger partial charge in [0.15, 0.2) is 5.78 Å². The van der Waals surface area contributed by atoms with Crippen molar-refractivity contribution in [3.8, 4) is 10.4 Å². The lowest BCUT2D eigenvalue weighted by molar-refractivity contribution is -0.143. The summed E-state index contributed by atoms with van der Waals surface area (Å²) in [6, 6.07) is 14.6. The smallest absolute Gasteiger partial charge is 0.335 e. The number of ketones is 1. The molecule has 1 amide bonds. The van der Waals surface area contributed by atoms with Crippen molar-refractivity contribution in [2.24, 2.45) is 11.3 Å². The van der Waals surface area contributed by atoms with E-state index in [-0.39, 0.29) is 42.9 Å². The predicted octanol–water partition coefficient (Wildman–Crippen LogP) is 6.30. The van der Waals surface area contributed by atoms with Crippen molar-refractivity contribution in [3.05, 3.63) is 83.1 Å². The number of aliphatic hydroxyl groups is 1. The Kier molecular flexibility index (Phi) is 13.5. The first-order chi connectivity index (χ1) is 23.3. The highest BCUT2D eigenvalue weighted by Gasteiger charge is 2.42. The van der Waals surface area contributed by atoms with Gasteiger partial charge in [-0.3, -0.25) is 9.59 Å². The predicted molar refractivity (Wildman–Crippen MR) is 194 cm³/mol. The molecule has 10 nitrogen and oxygen atoms in total. The van der Waals surface area contributed by atoms with Crippen molar-refractivity contribution in [2.75, 3.05) is 31.6 Å². The molecule has 2 heterocycles. The Balaban J connectivity index is 1.21. The number of aryl methyl sites for hydroxylation is 1. The Labute approximate surface area is 293 Å². The minimum atomic E-state index is -0.947. The number of aromatic carboxylic acids is 1. The van der Waals surface area contributed by atoms with Gasteiger partial charge in [0.05, 0.1) is 33.8 Å². The highest BCUT2D eigenvalue weighted by atomic mass is 32.1. The zero-order valence-electron chi connectivity index (χ0n) is 29.0. The van der Waals surface area contributed by atoms with Gasteiger partial charge in [-0.25, -0.2) is 9.78 Å². The Hall–Kier alpha value is -4.06. The summed E-state index contributed by atoms with van der Waals surface area (Å²) < 4.78 is 5.68. The van der Waals surface area contributed by atoms with Crippen molar-refractivity contribution >= 4 is 34.7 Å². The van der Waals surface area contributed by atoms with E-state index in [0.717, 1.165) is 53.2 Å². The quantitative estimate of drug-likeness (QED) is 0.113. The van der Waals surface area contributed by atoms with Gasteiger partial charge in [-0.15, -0.1) is 11.3 Å². The first kappa shape index (κ1) is 37.8. The van der Waals surface area contributed by atoms with Gasteiger partial charge in [-0.1, -0.05) is 51.6 Å². The van der Waals surface area contributed by atoms with Crippen LogP contribution in [0.25, 0.3) is 10.4 Å². The normalized spacial score (nSPS) is 16.7. The van der Waals surface area contributed by atoms with Gasteiger partial charge in [0.25, 0.3) is 0 Å². The fraction of sp³-hybridized carbons (Fsp3) is 0.474. The number of rotatable bonds is 18. The molecule has 1 aromatic heterocycles. The maximum absolute atomic E-state index is 14.0. The van der Waals surface area contributed by atoms with Gasteiger partial charge < -0.3 is 30.5 Å². The molecule has 2 aromatic carbocycles. The maximum Gasteiger partial charge on any atom is 0.335 e. The van der Waals surface area contributed by atoms with E-state index in [1.807, 2.05) is 33.2 Å². The number of Topliss-reactive ketones (excluding diaryl/α,β-unsaturated/α-hetero) is 1. The van der Waals surface area contributed by atoms with Gasteiger partial charge in [-0.2, -0.15) is 0 Å². The number of aromatic nitrogens is 1. The zero-order chi connectivity index (χ0) is 35.6. The molecule has 264 valence electrons. The number of nitrogens with one attached hydrogen (secondary N) is 2. The summed E-state index contributed by atoms with van der Waals surface area (Å²) in [7, 11) is 0. The Morgan fingerprint density at radius 3 is 2.43 bits per heavy atom. The van der Waals surface area contributed by atoms with Crippen LogP contribution in [0.5, 0.6) is 0 Å². The fourth-order valence-corrected chi connectivity index (χ4v) is 6.79. The lowest BCUT2D eigenvalue weighted by Gasteiger charge is -2.35. The average molecular weight is 691 g/mol. The SMILES string of the molecule is C=C(NCc1ccc(-c2scnc2C)cc1)[C@@H]1C[C@@H](O)CN1C(=O)[C@@H](CC(=O)COCCCCCNc1ccc(C(=O)O)cc1)C(C)(C)C. The minimum absolute atomic E-state index is 0.0459. The molecule has 3 aromatic rings. The molecule has 4 rings (SSSR count). The molecule has 0 saturated carbocycles. The Bertz CT molecular complexity index is 1560. The number of carboxylic acid groups (broad SMARTS) is 1. The number of nitrogens with zero attached hydrogens (tertiary/aromatic N) is 2. The highest BCUT2D eigenvalue weighted by molar-refractivity contribution is 7.13. The van der Waals surface area contributed by atoms with Crippen LogP contribution >= 0.6 is 11.3 Å². The van der Waals surface area contributed by atoms with Crippen LogP contribution < -0.4 is 10.6 Å². The summed E-state index contributed by atoms with van der Waals surface area (Å²) in [6.45, 7) is 14.0. The number of thiazole rings is 1. The number of carbonyl (C=O) groups excluding carboxylic acids is 2. The second-order valence-corrected chi connectivity index (χ2v) is 14.7. The second kappa shape index (κ2) is 17.6. The second-order valence-electron chi connectivity index (χ2n) is 13.8. The van der Waals surface area contributed by atoms with Crippen LogP contribution in [0.1, 0.15) is 74.5 Å². The zero-order valence-corrected chi connectivity index (χ0v) is 29.9. The molecule has 0 unspecified atom stereocenters. The third-order valence-electron chi connectivity index (χ3n) is 8.91. The lowest BCUT2D eigenvalue weighted by Crippen LogP contribution is -2.46. The first-order valence-electron chi connectivity index (χ1n) is 16.9. The molecule has 0 aliphatic carbocycles. The molecule has 3 atom stereocenters. The number of β-amino-alcohol motifs (C(OH)–C–C–N with tert-alkyl or cyclic N) is 1. The summed E-state index contributed by atoms with van der Waals surface area (Å²) in [5.74, 6) is -1.79. The molecule has 0 spiro atoms. The van der Waals surface area contributed by atoms with E-state index in [9.17, 15) is 19.5 Å². The van der Waals surface area contributed by atoms with Crippen LogP contribution in [-0.2, 0) is 20.9 Å². The number of hydrogen-bond donors (Lipinski definition) is 4. The Morgan fingerprint density at radius 2 is 1.80 bits per heavy atom. The molecule has 4 N–H and O–H groups in total. The molecular weight excluding hydrogens is 641 g/mol. The molecule has 1 aliphatic heterocycles. The van der Waals surface area contributed by atoms with Crippen LogP contribution in [0.3, 0.4) is 0 Å². The minimum Gasteiger partial charge on any atom is -0.478 e. The van der Waals surface area contributed by atoms with E-state index < -0.39 is 23.4 Å². The molecule has 1 saturated heterocycles. The van der Waals surface area contributed by atoms with E-state index in [4.69, 9.17) is 9.84 Å². The molecule has 0 bridgehead atoms. The maximum atomic E-state index is 14.0. The Morgan fingerprint density at radius 1 is 1.08 bits per heavy atom. The summed E-state index contributed by atoms with van der Waals surface area (Å²) in [4.78, 5) is 45.1. The van der Waals surface area contributed by atoms with Crippen molar-refractivity contribution in [3.63, 3.8) is 0 Å². The molecule has 49 heavy (non-hydrogen) atoms. The number of benzene rings is 2. The third-order valence-corrected chi connectivity index (χ3v) is 9.89. The number of unbranched alkanes of at least 4 members (excludes halogenated alkanes) is 2. The van der Waals surface area contributed by atoms with Crippen LogP contribution in [0, 0.1) is 18.3 Å². The first-order valence-corrected chi connectivity index (χ1v) is 17.8. The summed E-state index contributed by atoms with van der Waals surface area (Å²) >= 11 is 1.62. The standard InChI is InChI=1S/C38H50N4O6S/c1-25(40-21-27-9-11-28(12-10-27)35-26(2)41-24-49-35)34-20-31(43)22-42(34)36(45)33(38(3,4)5)19-32(44)23-48-18-8-6-7-17-39-30-15-13-29(14-16-30)37(46)47/h9-16,24,31,33-34,39-40,43H,1,6-8,17-23H2,2-5H3,(H,46,47)/t31-,33-,34+/m1/s1. The topological polar surface area (TPSA) is 141 Å². The van der Waals surface area contributed by atoms with Crippen molar-refractivity contribution in [1.82, 2.24) is 15.2 Å². The van der Waals surface area contributed by atoms with Crippen molar-refractivity contribution in [2.45, 2.75) is 78.5 Å². The van der Waals surface area contributed by atoms with E-state index in [1.165, 1.54) is 0 Å². The molecule has 1 aliphatic rings. The van der Waals surface area contributed by atoms with Crippen molar-refractivity contribution < 1.29 is 29.3 Å². The molecule has 0 radical (unpaired) electrons. The molecular formula is C38H50N4O6S. The van der Waals surface area contributed by atoms with E-state index in [0.29, 0.717) is 25.3 Å². The number of anilines is 1. The number of ether oxygens (including phenoxy) is 1. The van der Waals surface area contributed by atoms with Gasteiger partial charge in [-0.05, 0) is 67.0 Å². The number of carboxylic acids is 1. The third kappa shape index (κ3) is 11.0. The molecule has 11 heteroatoms. The highest BCUT2D eigenvalue weighted by Crippen LogP contribution is 2.34. The summed E-state index contributed by atoms with van der Waals surface area (Å²) in [5.41, 5.74) is 6.38. The number of hydrogen-bond acceptors (Lipinski definition) is 9. The monoisotopic (exact) mass is 690 g/mol. The van der Waals surface area contributed by atoms with E-state index in [1.54, 1.807) is 40.5 Å². The van der Waals surface area contributed by atoms with Crippen LogP contribution in [0.2, 0.25) is 0 Å². The van der Waals surface area contributed by atoms with Crippen LogP contribution in [0.4, 0.5) is 5.69 Å². The number of amides is 1. The largest absolute Gasteiger partial charge is 0.478 e. The van der Waals surface area contributed by atoms with Crippen LogP contribution in [0.15, 0.2) is 66.3 Å².